The number of carbonyl (C=O) groups is 1. The zero-order valence-electron chi connectivity index (χ0n) is 20.4. The van der Waals surface area contributed by atoms with Crippen molar-refractivity contribution in [3.8, 4) is 0 Å². The molecule has 7 heteroatoms. The van der Waals surface area contributed by atoms with Crippen LogP contribution >= 0.6 is 23.4 Å². The van der Waals surface area contributed by atoms with Crippen molar-refractivity contribution in [3.63, 3.8) is 0 Å². The van der Waals surface area contributed by atoms with Crippen molar-refractivity contribution in [1.29, 1.82) is 0 Å². The van der Waals surface area contributed by atoms with Gasteiger partial charge in [-0.2, -0.15) is 0 Å². The molecule has 0 unspecified atom stereocenters. The Morgan fingerprint density at radius 1 is 1.11 bits per heavy atom. The second-order valence-corrected chi connectivity index (χ2v) is 10.5. The van der Waals surface area contributed by atoms with E-state index >= 15 is 0 Å². The molecule has 0 saturated carbocycles. The molecule has 1 aliphatic heterocycles. The van der Waals surface area contributed by atoms with E-state index in [1.54, 1.807) is 23.4 Å². The Hall–Kier alpha value is -2.57. The summed E-state index contributed by atoms with van der Waals surface area (Å²) in [5, 5.41) is 1.40. The van der Waals surface area contributed by atoms with Gasteiger partial charge in [-0.3, -0.25) is 14.2 Å². The lowest BCUT2D eigenvalue weighted by molar-refractivity contribution is -0.132. The van der Waals surface area contributed by atoms with Crippen LogP contribution in [0.3, 0.4) is 0 Å². The van der Waals surface area contributed by atoms with E-state index < -0.39 is 0 Å². The number of halogens is 1. The number of fused-ring (bicyclic) bond motifs is 1. The van der Waals surface area contributed by atoms with Crippen LogP contribution in [0.5, 0.6) is 0 Å². The third-order valence-electron chi connectivity index (χ3n) is 6.53. The number of nitrogens with zero attached hydrogens (tertiary/aromatic N) is 3. The molecule has 0 radical (unpaired) electrons. The molecule has 184 valence electrons. The van der Waals surface area contributed by atoms with Crippen molar-refractivity contribution in [3.05, 3.63) is 91.9 Å². The molecular formula is C28H32ClN3O2S. The Balaban J connectivity index is 1.30. The van der Waals surface area contributed by atoms with Crippen molar-refractivity contribution < 1.29 is 4.79 Å². The zero-order chi connectivity index (χ0) is 24.8. The number of aryl methyl sites for hydroxylation is 1. The molecule has 3 aromatic rings. The van der Waals surface area contributed by atoms with Crippen LogP contribution in [0.15, 0.2) is 58.5 Å². The normalized spacial score (nSPS) is 13.1. The summed E-state index contributed by atoms with van der Waals surface area (Å²) in [6, 6.07) is 16.0. The molecule has 0 fully saturated rings. The van der Waals surface area contributed by atoms with Crippen LogP contribution in [0.4, 0.5) is 0 Å². The molecule has 0 aliphatic carbocycles. The first-order valence-corrected chi connectivity index (χ1v) is 13.6. The Kier molecular flexibility index (Phi) is 8.69. The van der Waals surface area contributed by atoms with E-state index in [0.29, 0.717) is 24.3 Å². The van der Waals surface area contributed by atoms with Crippen molar-refractivity contribution >= 4 is 29.3 Å². The molecule has 1 aliphatic rings. The van der Waals surface area contributed by atoms with Gasteiger partial charge in [-0.25, -0.2) is 4.98 Å². The van der Waals surface area contributed by atoms with E-state index in [1.807, 2.05) is 42.2 Å². The van der Waals surface area contributed by atoms with Gasteiger partial charge >= 0.3 is 0 Å². The van der Waals surface area contributed by atoms with Gasteiger partial charge in [0.1, 0.15) is 0 Å². The van der Waals surface area contributed by atoms with Crippen LogP contribution in [0.2, 0.25) is 5.02 Å². The number of benzene rings is 2. The monoisotopic (exact) mass is 509 g/mol. The van der Waals surface area contributed by atoms with Gasteiger partial charge in [0.2, 0.25) is 5.91 Å². The summed E-state index contributed by atoms with van der Waals surface area (Å²) in [5.41, 5.74) is 5.20. The van der Waals surface area contributed by atoms with E-state index in [2.05, 4.69) is 18.2 Å². The predicted octanol–water partition coefficient (Wildman–Crippen LogP) is 5.43. The van der Waals surface area contributed by atoms with E-state index in [1.165, 1.54) is 11.1 Å². The molecule has 0 spiro atoms. The molecule has 0 N–H and O–H groups in total. The van der Waals surface area contributed by atoms with Gasteiger partial charge in [-0.05, 0) is 54.5 Å². The van der Waals surface area contributed by atoms with Gasteiger partial charge in [0.15, 0.2) is 5.16 Å². The number of hydrogen-bond donors (Lipinski definition) is 0. The van der Waals surface area contributed by atoms with Gasteiger partial charge in [-0.1, -0.05) is 66.7 Å². The summed E-state index contributed by atoms with van der Waals surface area (Å²) in [6.07, 6.45) is 4.47. The smallest absolute Gasteiger partial charge is 0.257 e. The molecular weight excluding hydrogens is 478 g/mol. The number of carbonyl (C=O) groups excluding carboxylic acids is 1. The number of unbranched alkanes of at least 4 members (excludes halogenated alkanes) is 1. The fourth-order valence-corrected chi connectivity index (χ4v) is 5.72. The van der Waals surface area contributed by atoms with E-state index in [4.69, 9.17) is 16.6 Å². The van der Waals surface area contributed by atoms with Crippen LogP contribution in [-0.4, -0.2) is 32.7 Å². The Bertz CT molecular complexity index is 1260. The van der Waals surface area contributed by atoms with Crippen molar-refractivity contribution in [1.82, 2.24) is 14.5 Å². The minimum Gasteiger partial charge on any atom is -0.338 e. The zero-order valence-corrected chi connectivity index (χ0v) is 22.0. The van der Waals surface area contributed by atoms with Crippen molar-refractivity contribution in [2.24, 2.45) is 7.05 Å². The van der Waals surface area contributed by atoms with E-state index in [9.17, 15) is 9.59 Å². The second-order valence-electron chi connectivity index (χ2n) is 8.98. The first kappa shape index (κ1) is 25.5. The third kappa shape index (κ3) is 6.36. The average molecular weight is 510 g/mol. The summed E-state index contributed by atoms with van der Waals surface area (Å²) >= 11 is 7.71. The topological polar surface area (TPSA) is 55.2 Å². The SMILES string of the molecule is CCc1nc(SCCCCC(=O)N2CCc3ccccc3C2)n(C)c(=O)c1Cc1cccc(Cl)c1. The highest BCUT2D eigenvalue weighted by atomic mass is 35.5. The maximum absolute atomic E-state index is 13.1. The van der Waals surface area contributed by atoms with E-state index in [-0.39, 0.29) is 11.5 Å². The molecule has 0 saturated heterocycles. The lowest BCUT2D eigenvalue weighted by Gasteiger charge is -2.29. The summed E-state index contributed by atoms with van der Waals surface area (Å²) in [7, 11) is 1.79. The van der Waals surface area contributed by atoms with Crippen LogP contribution in [0.1, 0.15) is 54.1 Å². The molecule has 5 nitrogen and oxygen atoms in total. The minimum absolute atomic E-state index is 0.000108. The van der Waals surface area contributed by atoms with Crippen molar-refractivity contribution in [2.75, 3.05) is 12.3 Å². The maximum Gasteiger partial charge on any atom is 0.257 e. The summed E-state index contributed by atoms with van der Waals surface area (Å²) in [6.45, 7) is 3.55. The molecule has 1 aromatic heterocycles. The Morgan fingerprint density at radius 3 is 2.69 bits per heavy atom. The third-order valence-corrected chi connectivity index (χ3v) is 7.88. The predicted molar refractivity (Wildman–Crippen MR) is 143 cm³/mol. The quantitative estimate of drug-likeness (QED) is 0.219. The second kappa shape index (κ2) is 11.9. The minimum atomic E-state index is -0.000108. The number of aromatic nitrogens is 2. The van der Waals surface area contributed by atoms with Gasteiger partial charge in [0.05, 0.1) is 5.69 Å². The highest BCUT2D eigenvalue weighted by Crippen LogP contribution is 2.22. The van der Waals surface area contributed by atoms with E-state index in [0.717, 1.165) is 60.1 Å². The molecule has 2 aromatic carbocycles. The summed E-state index contributed by atoms with van der Waals surface area (Å²) in [4.78, 5) is 32.6. The standard InChI is InChI=1S/C28H32ClN3O2S/c1-3-25-24(18-20-9-8-12-23(29)17-20)27(34)31(2)28(30-25)35-16-7-6-13-26(33)32-15-14-21-10-4-5-11-22(21)19-32/h4-5,8-12,17H,3,6-7,13-16,18-19H2,1-2H3. The molecule has 0 bridgehead atoms. The fraction of sp³-hybridized carbons (Fsp3) is 0.393. The number of amides is 1. The van der Waals surface area contributed by atoms with Crippen LogP contribution in [0.25, 0.3) is 0 Å². The van der Waals surface area contributed by atoms with Crippen LogP contribution in [0, 0.1) is 0 Å². The van der Waals surface area contributed by atoms with Gasteiger partial charge in [-0.15, -0.1) is 0 Å². The first-order chi connectivity index (χ1) is 17.0. The molecule has 35 heavy (non-hydrogen) atoms. The lowest BCUT2D eigenvalue weighted by Crippen LogP contribution is -2.35. The fourth-order valence-electron chi connectivity index (χ4n) is 4.53. The molecule has 0 atom stereocenters. The Labute approximate surface area is 216 Å². The summed E-state index contributed by atoms with van der Waals surface area (Å²) in [5.74, 6) is 1.06. The van der Waals surface area contributed by atoms with Gasteiger partial charge in [0.25, 0.3) is 5.56 Å². The largest absolute Gasteiger partial charge is 0.338 e. The average Bonchev–Trinajstić information content (AvgIpc) is 2.87. The number of thioether (sulfide) groups is 1. The Morgan fingerprint density at radius 2 is 1.91 bits per heavy atom. The van der Waals surface area contributed by atoms with Gasteiger partial charge < -0.3 is 4.90 Å². The molecule has 1 amide bonds. The first-order valence-electron chi connectivity index (χ1n) is 12.3. The lowest BCUT2D eigenvalue weighted by atomic mass is 9.99. The van der Waals surface area contributed by atoms with Crippen molar-refractivity contribution in [2.45, 2.75) is 57.1 Å². The maximum atomic E-state index is 13.1. The summed E-state index contributed by atoms with van der Waals surface area (Å²) < 4.78 is 1.65. The van der Waals surface area contributed by atoms with Crippen LogP contribution in [-0.2, 0) is 37.6 Å². The molecule has 2 heterocycles. The highest BCUT2D eigenvalue weighted by Gasteiger charge is 2.20. The van der Waals surface area contributed by atoms with Crippen LogP contribution < -0.4 is 5.56 Å². The van der Waals surface area contributed by atoms with Gasteiger partial charge in [0, 0.05) is 49.3 Å². The highest BCUT2D eigenvalue weighted by molar-refractivity contribution is 7.99. The number of rotatable bonds is 9. The molecule has 4 rings (SSSR count). The number of hydrogen-bond acceptors (Lipinski definition) is 4.